The fourth-order valence-electron chi connectivity index (χ4n) is 2.52. The molecule has 0 aliphatic rings. The van der Waals surface area contributed by atoms with Crippen LogP contribution in [0.25, 0.3) is 23.1 Å². The summed E-state index contributed by atoms with van der Waals surface area (Å²) in [5.41, 5.74) is 3.93. The van der Waals surface area contributed by atoms with Crippen LogP contribution in [0.4, 0.5) is 11.6 Å². The molecule has 0 atom stereocenters. The van der Waals surface area contributed by atoms with Crippen LogP contribution in [-0.2, 0) is 0 Å². The van der Waals surface area contributed by atoms with Crippen LogP contribution in [0.2, 0.25) is 0 Å². The van der Waals surface area contributed by atoms with Crippen molar-refractivity contribution in [3.8, 4) is 0 Å². The van der Waals surface area contributed by atoms with Crippen LogP contribution >= 0.6 is 0 Å². The largest absolute Gasteiger partial charge is 0.324 e. The summed E-state index contributed by atoms with van der Waals surface area (Å²) in [5, 5.41) is 11.7. The van der Waals surface area contributed by atoms with Gasteiger partial charge in [0.15, 0.2) is 0 Å². The summed E-state index contributed by atoms with van der Waals surface area (Å²) in [6.45, 7) is 0. The maximum absolute atomic E-state index is 4.37. The first-order valence-electron chi connectivity index (χ1n) is 7.64. The van der Waals surface area contributed by atoms with Crippen molar-refractivity contribution in [3.63, 3.8) is 0 Å². The highest BCUT2D eigenvalue weighted by atomic mass is 15.1. The van der Waals surface area contributed by atoms with Crippen molar-refractivity contribution in [1.29, 1.82) is 0 Å². The van der Waals surface area contributed by atoms with Gasteiger partial charge in [-0.15, -0.1) is 0 Å². The lowest BCUT2D eigenvalue weighted by molar-refractivity contribution is 1.11. The molecule has 0 saturated carbocycles. The van der Waals surface area contributed by atoms with E-state index in [1.54, 1.807) is 18.5 Å². The number of benzene rings is 2. The Bertz CT molecular complexity index is 989. The van der Waals surface area contributed by atoms with Gasteiger partial charge < -0.3 is 5.32 Å². The fourth-order valence-corrected chi connectivity index (χ4v) is 2.52. The minimum absolute atomic E-state index is 0.573. The van der Waals surface area contributed by atoms with Gasteiger partial charge in [-0.2, -0.15) is 5.10 Å². The lowest BCUT2D eigenvalue weighted by Crippen LogP contribution is -1.97. The van der Waals surface area contributed by atoms with Gasteiger partial charge in [-0.25, -0.2) is 9.97 Å². The molecule has 0 radical (unpaired) electrons. The molecule has 0 aliphatic carbocycles. The average Bonchev–Trinajstić information content (AvgIpc) is 3.05. The number of rotatable bonds is 4. The second-order valence-corrected chi connectivity index (χ2v) is 5.27. The van der Waals surface area contributed by atoms with E-state index in [1.807, 2.05) is 54.6 Å². The normalized spacial score (nSPS) is 11.2. The van der Waals surface area contributed by atoms with Crippen molar-refractivity contribution in [2.75, 3.05) is 5.32 Å². The van der Waals surface area contributed by atoms with Gasteiger partial charge in [0.2, 0.25) is 5.95 Å². The molecule has 2 aromatic carbocycles. The van der Waals surface area contributed by atoms with Crippen molar-refractivity contribution in [2.24, 2.45) is 0 Å². The summed E-state index contributed by atoms with van der Waals surface area (Å²) in [5.74, 6) is 0.573. The van der Waals surface area contributed by atoms with Gasteiger partial charge in [-0.3, -0.25) is 5.10 Å². The first-order valence-corrected chi connectivity index (χ1v) is 7.64. The van der Waals surface area contributed by atoms with Crippen molar-refractivity contribution >= 4 is 34.7 Å². The summed E-state index contributed by atoms with van der Waals surface area (Å²) in [6, 6.07) is 17.9. The molecule has 2 N–H and O–H groups in total. The number of hydrogen-bond acceptors (Lipinski definition) is 4. The summed E-state index contributed by atoms with van der Waals surface area (Å²) in [6.07, 6.45) is 7.46. The molecule has 0 unspecified atom stereocenters. The number of nitrogens with one attached hydrogen (secondary N) is 2. The third-order valence-electron chi connectivity index (χ3n) is 3.69. The molecule has 5 nitrogen and oxygen atoms in total. The molecule has 0 saturated heterocycles. The predicted molar refractivity (Wildman–Crippen MR) is 96.8 cm³/mol. The van der Waals surface area contributed by atoms with Gasteiger partial charge in [0.1, 0.15) is 0 Å². The van der Waals surface area contributed by atoms with E-state index in [2.05, 4.69) is 31.5 Å². The van der Waals surface area contributed by atoms with Crippen LogP contribution in [0.5, 0.6) is 0 Å². The van der Waals surface area contributed by atoms with Crippen molar-refractivity contribution in [3.05, 3.63) is 78.2 Å². The third-order valence-corrected chi connectivity index (χ3v) is 3.69. The van der Waals surface area contributed by atoms with Crippen molar-refractivity contribution in [2.45, 2.75) is 0 Å². The molecule has 0 spiro atoms. The van der Waals surface area contributed by atoms with Gasteiger partial charge >= 0.3 is 0 Å². The van der Waals surface area contributed by atoms with Crippen LogP contribution in [0.15, 0.2) is 67.0 Å². The van der Waals surface area contributed by atoms with Gasteiger partial charge in [0.25, 0.3) is 0 Å². The van der Waals surface area contributed by atoms with E-state index in [9.17, 15) is 0 Å². The topological polar surface area (TPSA) is 66.5 Å². The van der Waals surface area contributed by atoms with E-state index in [1.165, 1.54) is 0 Å². The molecule has 0 amide bonds. The molecule has 116 valence electrons. The first-order chi connectivity index (χ1) is 11.9. The maximum Gasteiger partial charge on any atom is 0.227 e. The number of aromatic nitrogens is 4. The minimum Gasteiger partial charge on any atom is -0.324 e. The highest BCUT2D eigenvalue weighted by Gasteiger charge is 2.03. The zero-order valence-electron chi connectivity index (χ0n) is 12.8. The molecule has 0 fully saturated rings. The van der Waals surface area contributed by atoms with E-state index in [4.69, 9.17) is 0 Å². The molecular weight excluding hydrogens is 298 g/mol. The second kappa shape index (κ2) is 6.34. The number of hydrogen-bond donors (Lipinski definition) is 2. The van der Waals surface area contributed by atoms with Gasteiger partial charge in [0, 0.05) is 23.5 Å². The van der Waals surface area contributed by atoms with Crippen LogP contribution in [0.3, 0.4) is 0 Å². The number of fused-ring (bicyclic) bond motifs is 1. The van der Waals surface area contributed by atoms with Crippen molar-refractivity contribution < 1.29 is 0 Å². The van der Waals surface area contributed by atoms with Gasteiger partial charge in [-0.05, 0) is 29.8 Å². The first kappa shape index (κ1) is 14.1. The standard InChI is InChI=1S/C19H15N5/c1-3-8-16(22-19-20-12-5-13-21-19)14(6-1)10-11-18-15-7-2-4-9-17(15)23-24-18/h1-13H,(H,23,24)(H,20,21,22)/b11-10+. The number of anilines is 2. The van der Waals surface area contributed by atoms with E-state index in [0.29, 0.717) is 5.95 Å². The quantitative estimate of drug-likeness (QED) is 0.590. The third kappa shape index (κ3) is 2.87. The number of nitrogens with zero attached hydrogens (tertiary/aromatic N) is 3. The Morgan fingerprint density at radius 3 is 2.54 bits per heavy atom. The van der Waals surface area contributed by atoms with Crippen LogP contribution in [0, 0.1) is 0 Å². The summed E-state index contributed by atoms with van der Waals surface area (Å²) in [4.78, 5) is 8.40. The summed E-state index contributed by atoms with van der Waals surface area (Å²) < 4.78 is 0. The molecule has 5 heteroatoms. The monoisotopic (exact) mass is 313 g/mol. The van der Waals surface area contributed by atoms with Crippen molar-refractivity contribution in [1.82, 2.24) is 20.2 Å². The molecular formula is C19H15N5. The van der Waals surface area contributed by atoms with Gasteiger partial charge in [0.05, 0.1) is 11.2 Å². The van der Waals surface area contributed by atoms with E-state index >= 15 is 0 Å². The number of para-hydroxylation sites is 2. The molecule has 2 aromatic heterocycles. The zero-order valence-corrected chi connectivity index (χ0v) is 12.8. The predicted octanol–water partition coefficient (Wildman–Crippen LogP) is 4.27. The highest BCUT2D eigenvalue weighted by Crippen LogP contribution is 2.22. The van der Waals surface area contributed by atoms with Crippen LogP contribution < -0.4 is 5.32 Å². The number of H-pyrrole nitrogens is 1. The SMILES string of the molecule is C(=C\c1n[nH]c2ccccc12)/c1ccccc1Nc1ncccn1. The Kier molecular flexibility index (Phi) is 3.73. The minimum atomic E-state index is 0.573. The molecule has 0 aliphatic heterocycles. The smallest absolute Gasteiger partial charge is 0.227 e. The van der Waals surface area contributed by atoms with Gasteiger partial charge in [-0.1, -0.05) is 42.5 Å². The summed E-state index contributed by atoms with van der Waals surface area (Å²) >= 11 is 0. The Balaban J connectivity index is 1.65. The Hall–Kier alpha value is -3.47. The zero-order chi connectivity index (χ0) is 16.2. The van der Waals surface area contributed by atoms with E-state index in [0.717, 1.165) is 27.8 Å². The lowest BCUT2D eigenvalue weighted by Gasteiger charge is -2.07. The number of aromatic amines is 1. The molecule has 4 rings (SSSR count). The molecule has 24 heavy (non-hydrogen) atoms. The molecule has 4 aromatic rings. The summed E-state index contributed by atoms with van der Waals surface area (Å²) in [7, 11) is 0. The highest BCUT2D eigenvalue weighted by molar-refractivity contribution is 5.90. The van der Waals surface area contributed by atoms with Crippen LogP contribution in [0.1, 0.15) is 11.3 Å². The average molecular weight is 313 g/mol. The fraction of sp³-hybridized carbons (Fsp3) is 0. The second-order valence-electron chi connectivity index (χ2n) is 5.27. The Morgan fingerprint density at radius 2 is 1.62 bits per heavy atom. The van der Waals surface area contributed by atoms with E-state index in [-0.39, 0.29) is 0 Å². The molecule has 0 bridgehead atoms. The maximum atomic E-state index is 4.37. The van der Waals surface area contributed by atoms with E-state index < -0.39 is 0 Å². The van der Waals surface area contributed by atoms with Crippen LogP contribution in [-0.4, -0.2) is 20.2 Å². The molecule has 2 heterocycles. The Morgan fingerprint density at radius 1 is 0.833 bits per heavy atom. The Labute approximate surface area is 139 Å². The lowest BCUT2D eigenvalue weighted by atomic mass is 10.1.